The van der Waals surface area contributed by atoms with E-state index in [2.05, 4.69) is 5.32 Å². The van der Waals surface area contributed by atoms with Crippen molar-refractivity contribution in [2.45, 2.75) is 37.2 Å². The summed E-state index contributed by atoms with van der Waals surface area (Å²) in [6.45, 7) is 3.72. The third-order valence-corrected chi connectivity index (χ3v) is 6.60. The van der Waals surface area contributed by atoms with Crippen LogP contribution in [0.4, 0.5) is 8.78 Å². The molecule has 23 heavy (non-hydrogen) atoms. The van der Waals surface area contributed by atoms with E-state index >= 15 is 0 Å². The van der Waals surface area contributed by atoms with Gasteiger partial charge in [0, 0.05) is 17.9 Å². The highest BCUT2D eigenvalue weighted by atomic mass is 32.2. The molecule has 0 aliphatic carbocycles. The predicted octanol–water partition coefficient (Wildman–Crippen LogP) is 1.94. The van der Waals surface area contributed by atoms with Gasteiger partial charge in [0.1, 0.15) is 17.7 Å². The van der Waals surface area contributed by atoms with Crippen LogP contribution in [0, 0.1) is 11.6 Å². The highest BCUT2D eigenvalue weighted by Gasteiger charge is 2.40. The van der Waals surface area contributed by atoms with Crippen LogP contribution in [0.25, 0.3) is 0 Å². The highest BCUT2D eigenvalue weighted by molar-refractivity contribution is 8.00. The van der Waals surface area contributed by atoms with Crippen molar-refractivity contribution in [2.75, 3.05) is 11.6 Å². The summed E-state index contributed by atoms with van der Waals surface area (Å²) < 4.78 is 52.8. The fourth-order valence-electron chi connectivity index (χ4n) is 2.12. The molecule has 1 saturated heterocycles. The van der Waals surface area contributed by atoms with Gasteiger partial charge in [0.05, 0.1) is 10.8 Å². The number of carbonyl (C=O) groups excluding carboxylic acids is 1. The first-order chi connectivity index (χ1) is 10.8. The van der Waals surface area contributed by atoms with Crippen LogP contribution in [0.1, 0.15) is 20.3 Å². The van der Waals surface area contributed by atoms with Crippen LogP contribution in [0.15, 0.2) is 23.1 Å². The maximum absolute atomic E-state index is 13.3. The lowest BCUT2D eigenvalue weighted by Crippen LogP contribution is -2.49. The Morgan fingerprint density at radius 2 is 2.00 bits per heavy atom. The number of hydrogen-bond acceptors (Lipinski definition) is 4. The Labute approximate surface area is 138 Å². The molecule has 0 unspecified atom stereocenters. The molecule has 1 aliphatic heterocycles. The topological polar surface area (TPSA) is 66.5 Å². The van der Waals surface area contributed by atoms with Gasteiger partial charge < -0.3 is 5.32 Å². The standard InChI is InChI=1S/C14H18F2N2O3S2/c1-3-9(2)17-14(19)13-7-22-8-18(13)23(20,21)12-5-10(15)4-11(16)6-12/h4-6,9,13H,3,7-8H2,1-2H3,(H,17,19)/t9-,13+/m1/s1. The average Bonchev–Trinajstić information content (AvgIpc) is 2.96. The summed E-state index contributed by atoms with van der Waals surface area (Å²) in [7, 11) is -4.15. The minimum Gasteiger partial charge on any atom is -0.352 e. The molecular formula is C14H18F2N2O3S2. The molecule has 1 amide bonds. The molecule has 128 valence electrons. The van der Waals surface area contributed by atoms with Crippen molar-refractivity contribution < 1.29 is 22.0 Å². The molecule has 1 aromatic rings. The average molecular weight is 364 g/mol. The summed E-state index contributed by atoms with van der Waals surface area (Å²) >= 11 is 1.28. The number of benzene rings is 1. The monoisotopic (exact) mass is 364 g/mol. The Kier molecular flexibility index (Phi) is 5.64. The van der Waals surface area contributed by atoms with E-state index in [1.165, 1.54) is 11.8 Å². The first-order valence-corrected chi connectivity index (χ1v) is 9.71. The second kappa shape index (κ2) is 7.14. The summed E-state index contributed by atoms with van der Waals surface area (Å²) in [5, 5.41) is 2.74. The molecule has 1 aliphatic rings. The van der Waals surface area contributed by atoms with Gasteiger partial charge in [0.15, 0.2) is 0 Å². The third kappa shape index (κ3) is 4.02. The van der Waals surface area contributed by atoms with Gasteiger partial charge in [-0.25, -0.2) is 17.2 Å². The zero-order valence-electron chi connectivity index (χ0n) is 12.8. The predicted molar refractivity (Wildman–Crippen MR) is 84.4 cm³/mol. The fraction of sp³-hybridized carbons (Fsp3) is 0.500. The van der Waals surface area contributed by atoms with Crippen LogP contribution < -0.4 is 5.32 Å². The molecular weight excluding hydrogens is 346 g/mol. The first-order valence-electron chi connectivity index (χ1n) is 7.11. The van der Waals surface area contributed by atoms with Gasteiger partial charge in [-0.1, -0.05) is 6.92 Å². The number of thioether (sulfide) groups is 1. The van der Waals surface area contributed by atoms with Crippen LogP contribution in [0.2, 0.25) is 0 Å². The van der Waals surface area contributed by atoms with E-state index in [-0.39, 0.29) is 11.9 Å². The second-order valence-electron chi connectivity index (χ2n) is 5.33. The molecule has 2 rings (SSSR count). The SMILES string of the molecule is CC[C@@H](C)NC(=O)[C@@H]1CSCN1S(=O)(=O)c1cc(F)cc(F)c1. The number of rotatable bonds is 5. The van der Waals surface area contributed by atoms with Crippen molar-refractivity contribution >= 4 is 27.7 Å². The molecule has 1 fully saturated rings. The normalized spacial score (nSPS) is 20.4. The van der Waals surface area contributed by atoms with E-state index in [4.69, 9.17) is 0 Å². The number of carbonyl (C=O) groups is 1. The van der Waals surface area contributed by atoms with Crippen molar-refractivity contribution in [3.63, 3.8) is 0 Å². The molecule has 0 aromatic heterocycles. The van der Waals surface area contributed by atoms with Crippen LogP contribution in [0.3, 0.4) is 0 Å². The Morgan fingerprint density at radius 3 is 2.57 bits per heavy atom. The Balaban J connectivity index is 2.29. The minimum atomic E-state index is -4.15. The minimum absolute atomic E-state index is 0.0685. The van der Waals surface area contributed by atoms with Crippen LogP contribution >= 0.6 is 11.8 Å². The molecule has 0 saturated carbocycles. The smallest absolute Gasteiger partial charge is 0.244 e. The van der Waals surface area contributed by atoms with E-state index in [1.807, 2.05) is 13.8 Å². The molecule has 9 heteroatoms. The molecule has 2 atom stereocenters. The second-order valence-corrected chi connectivity index (χ2v) is 8.22. The molecule has 1 N–H and O–H groups in total. The van der Waals surface area contributed by atoms with Crippen LogP contribution in [-0.4, -0.2) is 42.3 Å². The largest absolute Gasteiger partial charge is 0.352 e. The molecule has 1 heterocycles. The zero-order chi connectivity index (χ0) is 17.2. The molecule has 1 aromatic carbocycles. The van der Waals surface area contributed by atoms with Gasteiger partial charge in [-0.3, -0.25) is 4.79 Å². The quantitative estimate of drug-likeness (QED) is 0.867. The zero-order valence-corrected chi connectivity index (χ0v) is 14.4. The number of nitrogens with zero attached hydrogens (tertiary/aromatic N) is 1. The third-order valence-electron chi connectivity index (χ3n) is 3.59. The van der Waals surface area contributed by atoms with Crippen LogP contribution in [0.5, 0.6) is 0 Å². The number of halogens is 2. The Morgan fingerprint density at radius 1 is 1.39 bits per heavy atom. The summed E-state index contributed by atoms with van der Waals surface area (Å²) in [5.74, 6) is -1.98. The number of nitrogens with one attached hydrogen (secondary N) is 1. The Hall–Kier alpha value is -1.19. The summed E-state index contributed by atoms with van der Waals surface area (Å²) in [6.07, 6.45) is 0.716. The maximum Gasteiger partial charge on any atom is 0.244 e. The van der Waals surface area contributed by atoms with E-state index in [0.29, 0.717) is 18.2 Å². The van der Waals surface area contributed by atoms with Gasteiger partial charge in [-0.05, 0) is 25.5 Å². The van der Waals surface area contributed by atoms with Gasteiger partial charge >= 0.3 is 0 Å². The lowest BCUT2D eigenvalue weighted by Gasteiger charge is -2.24. The van der Waals surface area contributed by atoms with E-state index < -0.39 is 38.5 Å². The summed E-state index contributed by atoms with van der Waals surface area (Å²) in [4.78, 5) is 11.8. The van der Waals surface area contributed by atoms with Crippen molar-refractivity contribution in [3.05, 3.63) is 29.8 Å². The molecule has 0 spiro atoms. The lowest BCUT2D eigenvalue weighted by atomic mass is 10.2. The highest BCUT2D eigenvalue weighted by Crippen LogP contribution is 2.29. The Bertz CT molecular complexity index is 677. The van der Waals surface area contributed by atoms with Gasteiger partial charge in [-0.15, -0.1) is 11.8 Å². The van der Waals surface area contributed by atoms with E-state index in [1.54, 1.807) is 0 Å². The number of sulfonamides is 1. The van der Waals surface area contributed by atoms with Crippen molar-refractivity contribution in [2.24, 2.45) is 0 Å². The number of hydrogen-bond donors (Lipinski definition) is 1. The van der Waals surface area contributed by atoms with E-state index in [9.17, 15) is 22.0 Å². The van der Waals surface area contributed by atoms with E-state index in [0.717, 1.165) is 16.4 Å². The van der Waals surface area contributed by atoms with Crippen molar-refractivity contribution in [1.29, 1.82) is 0 Å². The molecule has 0 radical (unpaired) electrons. The first kappa shape index (κ1) is 18.2. The van der Waals surface area contributed by atoms with Crippen molar-refractivity contribution in [3.8, 4) is 0 Å². The fourth-order valence-corrected chi connectivity index (χ4v) is 5.32. The number of amides is 1. The maximum atomic E-state index is 13.3. The molecule has 5 nitrogen and oxygen atoms in total. The van der Waals surface area contributed by atoms with Gasteiger partial charge in [-0.2, -0.15) is 4.31 Å². The van der Waals surface area contributed by atoms with Gasteiger partial charge in [0.25, 0.3) is 0 Å². The molecule has 0 bridgehead atoms. The summed E-state index contributed by atoms with van der Waals surface area (Å²) in [5.41, 5.74) is 0. The summed E-state index contributed by atoms with van der Waals surface area (Å²) in [6, 6.07) is 1.15. The van der Waals surface area contributed by atoms with Crippen LogP contribution in [-0.2, 0) is 14.8 Å². The van der Waals surface area contributed by atoms with Crippen molar-refractivity contribution in [1.82, 2.24) is 9.62 Å². The van der Waals surface area contributed by atoms with Gasteiger partial charge in [0.2, 0.25) is 15.9 Å². The lowest BCUT2D eigenvalue weighted by molar-refractivity contribution is -0.124.